The number of carbonyl (C=O) groups excluding carboxylic acids is 2. The lowest BCUT2D eigenvalue weighted by Crippen LogP contribution is -2.20. The summed E-state index contributed by atoms with van der Waals surface area (Å²) in [6, 6.07) is 7.40. The van der Waals surface area contributed by atoms with E-state index in [0.29, 0.717) is 11.3 Å². The maximum atomic E-state index is 13.5. The highest BCUT2D eigenvalue weighted by molar-refractivity contribution is 5.97. The highest BCUT2D eigenvalue weighted by atomic mass is 19.3. The number of ketones is 1. The molecule has 0 radical (unpaired) electrons. The van der Waals surface area contributed by atoms with Crippen LogP contribution < -0.4 is 4.74 Å². The van der Waals surface area contributed by atoms with Crippen molar-refractivity contribution >= 4 is 11.8 Å². The van der Waals surface area contributed by atoms with Crippen LogP contribution in [0, 0.1) is 0 Å². The summed E-state index contributed by atoms with van der Waals surface area (Å²) in [5.41, 5.74) is 0.461. The van der Waals surface area contributed by atoms with Crippen LogP contribution in [0.3, 0.4) is 0 Å². The van der Waals surface area contributed by atoms with Crippen LogP contribution in [0.4, 0.5) is 8.78 Å². The van der Waals surface area contributed by atoms with Crippen molar-refractivity contribution < 1.29 is 27.8 Å². The Bertz CT molecular complexity index is 799. The van der Waals surface area contributed by atoms with Gasteiger partial charge in [0.2, 0.25) is 0 Å². The lowest BCUT2D eigenvalue weighted by Gasteiger charge is -2.19. The quantitative estimate of drug-likeness (QED) is 0.546. The fourth-order valence-electron chi connectivity index (χ4n) is 2.44. The predicted molar refractivity (Wildman–Crippen MR) is 91.8 cm³/mol. The van der Waals surface area contributed by atoms with Crippen LogP contribution >= 0.6 is 0 Å². The molecule has 2 aromatic rings. The molecule has 26 heavy (non-hydrogen) atoms. The van der Waals surface area contributed by atoms with Crippen LogP contribution in [0.1, 0.15) is 53.3 Å². The van der Waals surface area contributed by atoms with Crippen LogP contribution in [-0.4, -0.2) is 28.8 Å². The van der Waals surface area contributed by atoms with E-state index in [2.05, 4.69) is 0 Å². The van der Waals surface area contributed by atoms with Gasteiger partial charge in [-0.2, -0.15) is 0 Å². The van der Waals surface area contributed by atoms with Gasteiger partial charge in [-0.3, -0.25) is 4.79 Å². The summed E-state index contributed by atoms with van der Waals surface area (Å²) in [6.07, 6.45) is -3.33. The Morgan fingerprint density at radius 3 is 2.38 bits per heavy atom. The molecule has 0 saturated carbocycles. The lowest BCUT2D eigenvalue weighted by atomic mass is 10.1. The van der Waals surface area contributed by atoms with Crippen molar-refractivity contribution in [2.24, 2.45) is 7.05 Å². The number of nitrogens with zero attached hydrogens (tertiary/aromatic N) is 1. The minimum Gasteiger partial charge on any atom is -0.491 e. The van der Waals surface area contributed by atoms with Crippen molar-refractivity contribution in [3.05, 3.63) is 53.3 Å². The van der Waals surface area contributed by atoms with Crippen LogP contribution in [0.5, 0.6) is 5.75 Å². The number of hydrogen-bond donors (Lipinski definition) is 0. The third-order valence-electron chi connectivity index (χ3n) is 3.64. The molecule has 0 fully saturated rings. The molecule has 0 aliphatic carbocycles. The van der Waals surface area contributed by atoms with E-state index in [9.17, 15) is 18.4 Å². The molecule has 7 heteroatoms. The predicted octanol–water partition coefficient (Wildman–Crippen LogP) is 4.18. The van der Waals surface area contributed by atoms with Crippen molar-refractivity contribution in [2.45, 2.75) is 39.4 Å². The van der Waals surface area contributed by atoms with Gasteiger partial charge in [0.1, 0.15) is 11.4 Å². The van der Waals surface area contributed by atoms with Crippen LogP contribution in [0.2, 0.25) is 0 Å². The molecule has 140 valence electrons. The number of carbonyl (C=O) groups is 2. The highest BCUT2D eigenvalue weighted by Gasteiger charge is 2.29. The van der Waals surface area contributed by atoms with Gasteiger partial charge in [-0.25, -0.2) is 13.6 Å². The van der Waals surface area contributed by atoms with Gasteiger partial charge in [0, 0.05) is 24.4 Å². The number of ether oxygens (including phenoxy) is 2. The number of hydrogen-bond acceptors (Lipinski definition) is 4. The maximum Gasteiger partial charge on any atom is 0.355 e. The topological polar surface area (TPSA) is 57.5 Å². The molecule has 0 saturated heterocycles. The Balaban J connectivity index is 2.26. The number of alkyl halides is 2. The van der Waals surface area contributed by atoms with Gasteiger partial charge in [-0.15, -0.1) is 0 Å². The molecule has 0 bridgehead atoms. The van der Waals surface area contributed by atoms with Crippen LogP contribution in [0.15, 0.2) is 36.5 Å². The second kappa shape index (κ2) is 8.12. The van der Waals surface area contributed by atoms with Crippen molar-refractivity contribution in [2.75, 3.05) is 0 Å². The van der Waals surface area contributed by atoms with E-state index >= 15 is 0 Å². The fourth-order valence-corrected chi connectivity index (χ4v) is 2.44. The van der Waals surface area contributed by atoms with Gasteiger partial charge in [0.25, 0.3) is 6.43 Å². The molecule has 0 aliphatic rings. The Morgan fingerprint density at radius 1 is 1.15 bits per heavy atom. The number of halogens is 2. The second-order valence-corrected chi connectivity index (χ2v) is 6.18. The largest absolute Gasteiger partial charge is 0.491 e. The molecule has 0 N–H and O–H groups in total. The summed E-state index contributed by atoms with van der Waals surface area (Å²) in [7, 11) is 1.54. The van der Waals surface area contributed by atoms with E-state index in [0.717, 1.165) is 0 Å². The van der Waals surface area contributed by atoms with Crippen molar-refractivity contribution in [3.63, 3.8) is 0 Å². The summed E-state index contributed by atoms with van der Waals surface area (Å²) in [4.78, 5) is 23.7. The van der Waals surface area contributed by atoms with E-state index in [1.165, 1.54) is 42.9 Å². The molecule has 0 spiro atoms. The summed E-state index contributed by atoms with van der Waals surface area (Å²) in [5, 5.41) is 0. The standard InChI is InChI=1S/C19H21F2NO4/c1-11(2)25-15-7-5-6-13(8-15)17(18(20)21)26-19(24)16-9-14(12(3)23)10-22(16)4/h5-11,17-18H,1-4H3/t17-/m1/s1. The number of rotatable bonds is 7. The fraction of sp³-hybridized carbons (Fsp3) is 0.368. The number of aryl methyl sites for hydroxylation is 1. The molecule has 2 rings (SSSR count). The van der Waals surface area contributed by atoms with Crippen molar-refractivity contribution in [3.8, 4) is 5.75 Å². The molecule has 5 nitrogen and oxygen atoms in total. The number of Topliss-reactive ketones (excluding diaryl/α,β-unsaturated/α-hetero) is 1. The SMILES string of the molecule is CC(=O)c1cc(C(=O)O[C@H](c2cccc(OC(C)C)c2)C(F)F)n(C)c1. The summed E-state index contributed by atoms with van der Waals surface area (Å²) in [5.74, 6) is -0.749. The molecular formula is C19H21F2NO4. The first-order chi connectivity index (χ1) is 12.2. The molecule has 1 aromatic carbocycles. The average Bonchev–Trinajstić information content (AvgIpc) is 2.94. The normalized spacial score (nSPS) is 12.3. The average molecular weight is 365 g/mol. The van der Waals surface area contributed by atoms with Gasteiger partial charge >= 0.3 is 5.97 Å². The van der Waals surface area contributed by atoms with E-state index < -0.39 is 18.5 Å². The van der Waals surface area contributed by atoms with E-state index in [1.54, 1.807) is 12.1 Å². The van der Waals surface area contributed by atoms with Crippen LogP contribution in [-0.2, 0) is 11.8 Å². The first-order valence-electron chi connectivity index (χ1n) is 8.12. The Kier molecular flexibility index (Phi) is 6.13. The molecule has 1 atom stereocenters. The summed E-state index contributed by atoms with van der Waals surface area (Å²) in [6.45, 7) is 4.99. The van der Waals surface area contributed by atoms with Crippen molar-refractivity contribution in [1.82, 2.24) is 4.57 Å². The van der Waals surface area contributed by atoms with Gasteiger partial charge < -0.3 is 14.0 Å². The first kappa shape index (κ1) is 19.6. The minimum atomic E-state index is -2.92. The van der Waals surface area contributed by atoms with E-state index in [-0.39, 0.29) is 23.1 Å². The second-order valence-electron chi connectivity index (χ2n) is 6.18. The van der Waals surface area contributed by atoms with E-state index in [1.807, 2.05) is 13.8 Å². The van der Waals surface area contributed by atoms with Gasteiger partial charge in [-0.1, -0.05) is 12.1 Å². The minimum absolute atomic E-state index is 0.0236. The zero-order valence-corrected chi connectivity index (χ0v) is 15.0. The molecular weight excluding hydrogens is 344 g/mol. The van der Waals surface area contributed by atoms with Crippen LogP contribution in [0.25, 0.3) is 0 Å². The Morgan fingerprint density at radius 2 is 1.85 bits per heavy atom. The lowest BCUT2D eigenvalue weighted by molar-refractivity contribution is -0.0357. The smallest absolute Gasteiger partial charge is 0.355 e. The molecule has 0 unspecified atom stereocenters. The van der Waals surface area contributed by atoms with Gasteiger partial charge in [0.05, 0.1) is 6.10 Å². The third kappa shape index (κ3) is 4.68. The molecule has 0 aliphatic heterocycles. The first-order valence-corrected chi connectivity index (χ1v) is 8.12. The summed E-state index contributed by atoms with van der Waals surface area (Å²) < 4.78 is 38.9. The Labute approximate surface area is 150 Å². The monoisotopic (exact) mass is 365 g/mol. The number of esters is 1. The maximum absolute atomic E-state index is 13.5. The molecule has 1 aromatic heterocycles. The highest BCUT2D eigenvalue weighted by Crippen LogP contribution is 2.29. The Hall–Kier alpha value is -2.70. The number of benzene rings is 1. The summed E-state index contributed by atoms with van der Waals surface area (Å²) >= 11 is 0. The van der Waals surface area contributed by atoms with Crippen molar-refractivity contribution in [1.29, 1.82) is 0 Å². The zero-order valence-electron chi connectivity index (χ0n) is 15.0. The zero-order chi connectivity index (χ0) is 19.4. The number of aromatic nitrogens is 1. The van der Waals surface area contributed by atoms with Gasteiger partial charge in [0.15, 0.2) is 11.9 Å². The molecule has 1 heterocycles. The van der Waals surface area contributed by atoms with E-state index in [4.69, 9.17) is 9.47 Å². The third-order valence-corrected chi connectivity index (χ3v) is 3.64. The van der Waals surface area contributed by atoms with Gasteiger partial charge in [-0.05, 0) is 39.0 Å². The molecule has 0 amide bonds.